The fourth-order valence-corrected chi connectivity index (χ4v) is 3.89. The Kier molecular flexibility index (Phi) is 8.68. The average Bonchev–Trinajstić information content (AvgIpc) is 3.43. The molecule has 188 valence electrons. The van der Waals surface area contributed by atoms with E-state index >= 15 is 0 Å². The number of aliphatic carboxylic acids is 1. The van der Waals surface area contributed by atoms with Crippen LogP contribution in [0.3, 0.4) is 0 Å². The van der Waals surface area contributed by atoms with E-state index in [9.17, 15) is 22.8 Å². The lowest BCUT2D eigenvalue weighted by Gasteiger charge is -2.23. The number of aryl methyl sites for hydroxylation is 1. The molecule has 2 saturated heterocycles. The van der Waals surface area contributed by atoms with Gasteiger partial charge < -0.3 is 20.1 Å². The first kappa shape index (κ1) is 26.0. The van der Waals surface area contributed by atoms with E-state index in [4.69, 9.17) is 14.6 Å². The molecule has 0 aliphatic carbocycles. The Balaban J connectivity index is 0.000000429. The Morgan fingerprint density at radius 2 is 1.83 bits per heavy atom. The van der Waals surface area contributed by atoms with Crippen LogP contribution in [0.1, 0.15) is 30.4 Å². The molecule has 2 aromatic rings. The number of nitrogens with one attached hydrogen (secondary N) is 1. The maximum absolute atomic E-state index is 12.7. The van der Waals surface area contributed by atoms with Crippen molar-refractivity contribution in [3.8, 4) is 0 Å². The molecule has 4 heterocycles. The molecule has 2 fully saturated rings. The zero-order chi connectivity index (χ0) is 25.4. The number of nitrogens with zero attached hydrogens (tertiary/aromatic N) is 4. The third kappa shape index (κ3) is 7.44. The molecule has 10 nitrogen and oxygen atoms in total. The largest absolute Gasteiger partial charge is 0.490 e. The summed E-state index contributed by atoms with van der Waals surface area (Å²) in [6.45, 7) is 1.10. The van der Waals surface area contributed by atoms with E-state index in [1.54, 1.807) is 24.8 Å². The quantitative estimate of drug-likeness (QED) is 0.616. The zero-order valence-electron chi connectivity index (χ0n) is 18.5. The van der Waals surface area contributed by atoms with Gasteiger partial charge in [-0.2, -0.15) is 13.2 Å². The van der Waals surface area contributed by atoms with Crippen molar-refractivity contribution in [3.05, 3.63) is 54.4 Å². The number of halogens is 3. The van der Waals surface area contributed by atoms with E-state index in [0.717, 1.165) is 17.5 Å². The lowest BCUT2D eigenvalue weighted by Crippen LogP contribution is -2.39. The van der Waals surface area contributed by atoms with Gasteiger partial charge in [-0.05, 0) is 30.0 Å². The van der Waals surface area contributed by atoms with Crippen LogP contribution in [-0.2, 0) is 32.1 Å². The Labute approximate surface area is 198 Å². The Morgan fingerprint density at radius 1 is 1.14 bits per heavy atom. The predicted octanol–water partition coefficient (Wildman–Crippen LogP) is 1.51. The number of likely N-dealkylation sites (tertiary alicyclic amines) is 1. The molecular formula is C22H24F3N5O5. The highest BCUT2D eigenvalue weighted by molar-refractivity contribution is 5.82. The molecule has 0 saturated carbocycles. The van der Waals surface area contributed by atoms with E-state index < -0.39 is 18.2 Å². The molecule has 4 rings (SSSR count). The molecular weight excluding hydrogens is 471 g/mol. The molecule has 2 aliphatic heterocycles. The van der Waals surface area contributed by atoms with Gasteiger partial charge >= 0.3 is 12.1 Å². The van der Waals surface area contributed by atoms with Crippen molar-refractivity contribution >= 4 is 17.8 Å². The number of aromatic nitrogens is 3. The third-order valence-electron chi connectivity index (χ3n) is 5.57. The van der Waals surface area contributed by atoms with Crippen LogP contribution >= 0.6 is 0 Å². The van der Waals surface area contributed by atoms with Crippen LogP contribution in [0, 0.1) is 0 Å². The lowest BCUT2D eigenvalue weighted by atomic mass is 10.1. The number of ether oxygens (including phenoxy) is 1. The number of hydrogen-bond donors (Lipinski definition) is 2. The van der Waals surface area contributed by atoms with Crippen molar-refractivity contribution in [1.29, 1.82) is 0 Å². The predicted molar refractivity (Wildman–Crippen MR) is 114 cm³/mol. The van der Waals surface area contributed by atoms with E-state index in [1.165, 1.54) is 6.33 Å². The molecule has 2 amide bonds. The molecule has 0 aromatic carbocycles. The maximum atomic E-state index is 12.7. The molecule has 0 radical (unpaired) electrons. The molecule has 0 spiro atoms. The van der Waals surface area contributed by atoms with Gasteiger partial charge in [-0.15, -0.1) is 0 Å². The minimum atomic E-state index is -5.08. The van der Waals surface area contributed by atoms with Crippen molar-refractivity contribution in [2.45, 2.75) is 56.7 Å². The number of rotatable bonds is 6. The van der Waals surface area contributed by atoms with Gasteiger partial charge in [-0.3, -0.25) is 14.6 Å². The molecule has 3 atom stereocenters. The fourth-order valence-electron chi connectivity index (χ4n) is 3.89. The van der Waals surface area contributed by atoms with Gasteiger partial charge in [0.25, 0.3) is 0 Å². The minimum absolute atomic E-state index is 0.0198. The molecule has 2 aliphatic rings. The van der Waals surface area contributed by atoms with Crippen molar-refractivity contribution in [2.75, 3.05) is 6.54 Å². The third-order valence-corrected chi connectivity index (χ3v) is 5.57. The van der Waals surface area contributed by atoms with Crippen molar-refractivity contribution < 1.29 is 37.4 Å². The highest BCUT2D eigenvalue weighted by Crippen LogP contribution is 2.33. The second kappa shape index (κ2) is 11.7. The van der Waals surface area contributed by atoms with Gasteiger partial charge in [0.15, 0.2) is 0 Å². The maximum Gasteiger partial charge on any atom is 0.490 e. The second-order valence-electron chi connectivity index (χ2n) is 7.97. The molecule has 0 unspecified atom stereocenters. The van der Waals surface area contributed by atoms with Crippen LogP contribution in [0.4, 0.5) is 13.2 Å². The van der Waals surface area contributed by atoms with Crippen molar-refractivity contribution in [1.82, 2.24) is 25.2 Å². The van der Waals surface area contributed by atoms with Crippen LogP contribution in [0.15, 0.2) is 43.2 Å². The summed E-state index contributed by atoms with van der Waals surface area (Å²) in [5, 5.41) is 10.0. The first-order valence-electron chi connectivity index (χ1n) is 10.8. The first-order chi connectivity index (χ1) is 16.6. The number of carbonyl (C=O) groups is 3. The molecule has 35 heavy (non-hydrogen) atoms. The fraction of sp³-hybridized carbons (Fsp3) is 0.455. The van der Waals surface area contributed by atoms with Crippen LogP contribution in [0.5, 0.6) is 0 Å². The number of carboxylic acid groups (broad SMARTS) is 1. The van der Waals surface area contributed by atoms with Gasteiger partial charge in [0.1, 0.15) is 12.4 Å². The number of hydrogen-bond acceptors (Lipinski definition) is 7. The van der Waals surface area contributed by atoms with Crippen LogP contribution in [0.2, 0.25) is 0 Å². The number of fused-ring (bicyclic) bond motifs is 1. The highest BCUT2D eigenvalue weighted by atomic mass is 19.4. The summed E-state index contributed by atoms with van der Waals surface area (Å²) in [7, 11) is 0. The van der Waals surface area contributed by atoms with Gasteiger partial charge in [-0.1, -0.05) is 6.07 Å². The van der Waals surface area contributed by atoms with Gasteiger partial charge in [0.2, 0.25) is 11.8 Å². The zero-order valence-corrected chi connectivity index (χ0v) is 18.5. The summed E-state index contributed by atoms with van der Waals surface area (Å²) >= 11 is 0. The summed E-state index contributed by atoms with van der Waals surface area (Å²) in [5.41, 5.74) is 1.89. The summed E-state index contributed by atoms with van der Waals surface area (Å²) in [6.07, 6.45) is 5.06. The smallest absolute Gasteiger partial charge is 0.475 e. The number of alkyl halides is 3. The summed E-state index contributed by atoms with van der Waals surface area (Å²) in [5.74, 6) is -2.80. The summed E-state index contributed by atoms with van der Waals surface area (Å²) in [4.78, 5) is 47.9. The Morgan fingerprint density at radius 3 is 2.46 bits per heavy atom. The summed E-state index contributed by atoms with van der Waals surface area (Å²) in [6, 6.07) is 3.73. The normalized spacial score (nSPS) is 21.0. The lowest BCUT2D eigenvalue weighted by molar-refractivity contribution is -0.192. The van der Waals surface area contributed by atoms with Crippen LogP contribution in [0.25, 0.3) is 0 Å². The van der Waals surface area contributed by atoms with Gasteiger partial charge in [0, 0.05) is 50.7 Å². The van der Waals surface area contributed by atoms with E-state index in [-0.39, 0.29) is 24.0 Å². The number of carboxylic acids is 1. The monoisotopic (exact) mass is 495 g/mol. The first-order valence-corrected chi connectivity index (χ1v) is 10.8. The Hall–Kier alpha value is -3.61. The van der Waals surface area contributed by atoms with Gasteiger partial charge in [0.05, 0.1) is 12.1 Å². The standard InChI is InChI=1S/C20H23N5O3.C2HF3O2/c26-19(4-3-15-10-22-13-23-11-15)25-7-5-17-16(25)8-18(28-17)20(27)24-12-14-2-1-6-21-9-14;3-2(4,5)1(6)7/h1-2,6,9-11,13,16-18H,3-5,7-8,12H2,(H,24,27);(H,6,7)/t16-,17-,18-;/m1./s1. The number of carbonyl (C=O) groups excluding carboxylic acids is 2. The summed E-state index contributed by atoms with van der Waals surface area (Å²) < 4.78 is 37.7. The molecule has 0 bridgehead atoms. The van der Waals surface area contributed by atoms with Crippen LogP contribution in [-0.4, -0.2) is 73.7 Å². The van der Waals surface area contributed by atoms with E-state index in [2.05, 4.69) is 20.3 Å². The molecule has 2 N–H and O–H groups in total. The number of pyridine rings is 1. The molecule has 13 heteroatoms. The van der Waals surface area contributed by atoms with E-state index in [0.29, 0.717) is 32.4 Å². The molecule has 2 aromatic heterocycles. The second-order valence-corrected chi connectivity index (χ2v) is 7.97. The average molecular weight is 495 g/mol. The number of amides is 2. The minimum Gasteiger partial charge on any atom is -0.475 e. The van der Waals surface area contributed by atoms with E-state index in [1.807, 2.05) is 17.0 Å². The van der Waals surface area contributed by atoms with Gasteiger partial charge in [-0.25, -0.2) is 14.8 Å². The SMILES string of the molecule is O=C(NCc1cccnc1)[C@H]1C[C@@H]2[C@@H](CCN2C(=O)CCc2cncnc2)O1.O=C(O)C(F)(F)F. The topological polar surface area (TPSA) is 135 Å². The van der Waals surface area contributed by atoms with Crippen molar-refractivity contribution in [3.63, 3.8) is 0 Å². The van der Waals surface area contributed by atoms with Crippen LogP contribution < -0.4 is 5.32 Å². The Bertz CT molecular complexity index is 1010. The highest BCUT2D eigenvalue weighted by Gasteiger charge is 2.47. The van der Waals surface area contributed by atoms with Crippen molar-refractivity contribution in [2.24, 2.45) is 0 Å².